The summed E-state index contributed by atoms with van der Waals surface area (Å²) in [5.74, 6) is 0.0598. The Bertz CT molecular complexity index is 1050. The van der Waals surface area contributed by atoms with Gasteiger partial charge in [0, 0.05) is 22.5 Å². The topological polar surface area (TPSA) is 47.0 Å². The number of aromatic nitrogens is 2. The molecule has 0 fully saturated rings. The van der Waals surface area contributed by atoms with Crippen molar-refractivity contribution in [3.8, 4) is 0 Å². The summed E-state index contributed by atoms with van der Waals surface area (Å²) in [5.41, 5.74) is -2.24. The van der Waals surface area contributed by atoms with Crippen LogP contribution in [0.15, 0.2) is 59.9 Å². The molecular formula is C20H15ClF3N3OS. The highest BCUT2D eigenvalue weighted by atomic mass is 35.5. The van der Waals surface area contributed by atoms with Crippen molar-refractivity contribution in [1.29, 1.82) is 0 Å². The van der Waals surface area contributed by atoms with E-state index in [1.807, 2.05) is 0 Å². The molecule has 1 aliphatic heterocycles. The summed E-state index contributed by atoms with van der Waals surface area (Å²) < 4.78 is 49.8. The maximum atomic E-state index is 14.7. The number of nitrogens with zero attached hydrogens (tertiary/aromatic N) is 2. The van der Waals surface area contributed by atoms with Crippen LogP contribution in [0.3, 0.4) is 0 Å². The predicted octanol–water partition coefficient (Wildman–Crippen LogP) is 5.93. The van der Waals surface area contributed by atoms with Crippen LogP contribution in [0.5, 0.6) is 0 Å². The number of benzene rings is 2. The highest BCUT2D eigenvalue weighted by Gasteiger charge is 2.62. The van der Waals surface area contributed by atoms with Gasteiger partial charge in [-0.05, 0) is 30.0 Å². The Morgan fingerprint density at radius 3 is 2.59 bits per heavy atom. The predicted molar refractivity (Wildman–Crippen MR) is 107 cm³/mol. The molecule has 0 aliphatic carbocycles. The van der Waals surface area contributed by atoms with E-state index in [4.69, 9.17) is 16.3 Å². The summed E-state index contributed by atoms with van der Waals surface area (Å²) >= 11 is 7.30. The maximum Gasteiger partial charge on any atom is 0.426 e. The molecule has 1 aliphatic rings. The van der Waals surface area contributed by atoms with Crippen LogP contribution < -0.4 is 5.32 Å². The number of ether oxygens (including phenoxy) is 1. The molecule has 0 amide bonds. The Balaban J connectivity index is 1.94. The highest BCUT2D eigenvalue weighted by Crippen LogP contribution is 2.55. The van der Waals surface area contributed by atoms with Crippen LogP contribution >= 0.6 is 23.4 Å². The maximum absolute atomic E-state index is 14.7. The van der Waals surface area contributed by atoms with Gasteiger partial charge in [-0.25, -0.2) is 9.97 Å². The van der Waals surface area contributed by atoms with Crippen molar-refractivity contribution in [3.63, 3.8) is 0 Å². The van der Waals surface area contributed by atoms with Gasteiger partial charge in [0.25, 0.3) is 0 Å². The molecule has 0 radical (unpaired) electrons. The molecule has 29 heavy (non-hydrogen) atoms. The molecule has 2 heterocycles. The first kappa shape index (κ1) is 20.0. The number of hydrogen-bond donors (Lipinski definition) is 1. The number of hydrogen-bond acceptors (Lipinski definition) is 5. The Labute approximate surface area is 174 Å². The van der Waals surface area contributed by atoms with Gasteiger partial charge in [0.05, 0.1) is 12.2 Å². The number of rotatable bonds is 4. The molecule has 4 nitrogen and oxygen atoms in total. The number of anilines is 2. The standard InChI is InChI=1S/C20H15ClF3N3OS/c1-29-18-25-10-15-17(27-18)26-16-8-7-13(21)9-14(16)19(15,20(22,23)24)28-11-12-5-3-2-4-6-12/h2-10H,11H2,1H3,(H,25,26,27). The van der Waals surface area contributed by atoms with Gasteiger partial charge in [-0.1, -0.05) is 53.7 Å². The SMILES string of the molecule is CSc1ncc2c(n1)Nc1ccc(Cl)cc1C2(OCc1ccccc1)C(F)(F)F. The van der Waals surface area contributed by atoms with Gasteiger partial charge >= 0.3 is 6.18 Å². The van der Waals surface area contributed by atoms with E-state index in [0.717, 1.165) is 0 Å². The summed E-state index contributed by atoms with van der Waals surface area (Å²) in [4.78, 5) is 8.31. The molecule has 0 spiro atoms. The van der Waals surface area contributed by atoms with E-state index < -0.39 is 11.8 Å². The van der Waals surface area contributed by atoms with E-state index in [9.17, 15) is 13.2 Å². The molecule has 3 aromatic rings. The Morgan fingerprint density at radius 1 is 1.14 bits per heavy atom. The van der Waals surface area contributed by atoms with Gasteiger partial charge in [-0.15, -0.1) is 0 Å². The van der Waals surface area contributed by atoms with Gasteiger partial charge in [-0.3, -0.25) is 0 Å². The molecule has 1 atom stereocenters. The zero-order chi connectivity index (χ0) is 20.6. The van der Waals surface area contributed by atoms with Crippen LogP contribution in [0, 0.1) is 0 Å². The van der Waals surface area contributed by atoms with E-state index >= 15 is 0 Å². The minimum atomic E-state index is -4.79. The molecule has 1 unspecified atom stereocenters. The van der Waals surface area contributed by atoms with Gasteiger partial charge in [0.15, 0.2) is 5.16 Å². The summed E-state index contributed by atoms with van der Waals surface area (Å²) in [7, 11) is 0. The smallest absolute Gasteiger partial charge is 0.352 e. The lowest BCUT2D eigenvalue weighted by Gasteiger charge is -2.41. The molecule has 1 N–H and O–H groups in total. The van der Waals surface area contributed by atoms with Crippen LogP contribution in [-0.4, -0.2) is 22.4 Å². The lowest BCUT2D eigenvalue weighted by Crippen LogP contribution is -2.48. The second-order valence-corrected chi connectivity index (χ2v) is 7.60. The number of nitrogens with one attached hydrogen (secondary N) is 1. The number of fused-ring (bicyclic) bond motifs is 2. The minimum Gasteiger partial charge on any atom is -0.352 e. The van der Waals surface area contributed by atoms with E-state index in [-0.39, 0.29) is 34.3 Å². The molecule has 0 saturated heterocycles. The molecule has 1 aromatic heterocycles. The quantitative estimate of drug-likeness (QED) is 0.405. The highest BCUT2D eigenvalue weighted by molar-refractivity contribution is 7.98. The van der Waals surface area contributed by atoms with Crippen molar-refractivity contribution >= 4 is 34.9 Å². The fourth-order valence-electron chi connectivity index (χ4n) is 3.31. The summed E-state index contributed by atoms with van der Waals surface area (Å²) in [6.07, 6.45) is -1.87. The van der Waals surface area contributed by atoms with E-state index in [2.05, 4.69) is 15.3 Å². The summed E-state index contributed by atoms with van der Waals surface area (Å²) in [6.45, 7) is -0.254. The monoisotopic (exact) mass is 437 g/mol. The van der Waals surface area contributed by atoms with Crippen LogP contribution in [0.4, 0.5) is 24.7 Å². The van der Waals surface area contributed by atoms with Crippen molar-refractivity contribution in [2.24, 2.45) is 0 Å². The van der Waals surface area contributed by atoms with Crippen molar-refractivity contribution in [1.82, 2.24) is 9.97 Å². The van der Waals surface area contributed by atoms with Crippen molar-refractivity contribution in [3.05, 3.63) is 76.4 Å². The molecular weight excluding hydrogens is 423 g/mol. The second kappa shape index (κ2) is 7.51. The van der Waals surface area contributed by atoms with Crippen LogP contribution in [0.25, 0.3) is 0 Å². The molecule has 150 valence electrons. The first-order valence-electron chi connectivity index (χ1n) is 8.58. The van der Waals surface area contributed by atoms with Gasteiger partial charge in [-0.2, -0.15) is 13.2 Å². The summed E-state index contributed by atoms with van der Waals surface area (Å²) in [5, 5.41) is 3.49. The minimum absolute atomic E-state index is 0.0598. The van der Waals surface area contributed by atoms with E-state index in [1.165, 1.54) is 36.2 Å². The first-order valence-corrected chi connectivity index (χ1v) is 10.2. The van der Waals surface area contributed by atoms with Crippen molar-refractivity contribution in [2.45, 2.75) is 23.5 Å². The number of halogens is 4. The van der Waals surface area contributed by atoms with E-state index in [1.54, 1.807) is 36.6 Å². The molecule has 2 aromatic carbocycles. The molecule has 4 rings (SSSR count). The third-order valence-electron chi connectivity index (χ3n) is 4.64. The van der Waals surface area contributed by atoms with Crippen LogP contribution in [-0.2, 0) is 16.9 Å². The van der Waals surface area contributed by atoms with Crippen LogP contribution in [0.1, 0.15) is 16.7 Å². The van der Waals surface area contributed by atoms with E-state index in [0.29, 0.717) is 10.7 Å². The first-order chi connectivity index (χ1) is 13.8. The van der Waals surface area contributed by atoms with Crippen molar-refractivity contribution < 1.29 is 17.9 Å². The third kappa shape index (κ3) is 3.45. The van der Waals surface area contributed by atoms with Gasteiger partial charge in [0.1, 0.15) is 5.82 Å². The van der Waals surface area contributed by atoms with Gasteiger partial charge in [0.2, 0.25) is 5.60 Å². The average Bonchev–Trinajstić information content (AvgIpc) is 2.71. The van der Waals surface area contributed by atoms with Crippen LogP contribution in [0.2, 0.25) is 5.02 Å². The largest absolute Gasteiger partial charge is 0.426 e. The zero-order valence-corrected chi connectivity index (χ0v) is 16.7. The number of alkyl halides is 3. The lowest BCUT2D eigenvalue weighted by atomic mass is 9.82. The fraction of sp³-hybridized carbons (Fsp3) is 0.200. The second-order valence-electron chi connectivity index (χ2n) is 6.39. The Morgan fingerprint density at radius 2 is 1.90 bits per heavy atom. The molecule has 9 heteroatoms. The zero-order valence-electron chi connectivity index (χ0n) is 15.1. The third-order valence-corrected chi connectivity index (χ3v) is 5.44. The summed E-state index contributed by atoms with van der Waals surface area (Å²) in [6, 6.07) is 13.0. The van der Waals surface area contributed by atoms with Crippen molar-refractivity contribution in [2.75, 3.05) is 11.6 Å². The van der Waals surface area contributed by atoms with Gasteiger partial charge < -0.3 is 10.1 Å². The lowest BCUT2D eigenvalue weighted by molar-refractivity contribution is -0.271. The number of thioether (sulfide) groups is 1. The Kier molecular flexibility index (Phi) is 5.18. The molecule has 0 bridgehead atoms. The Hall–Kier alpha value is -2.29. The normalized spacial score (nSPS) is 18.0. The molecule has 0 saturated carbocycles. The fourth-order valence-corrected chi connectivity index (χ4v) is 3.83. The average molecular weight is 438 g/mol.